The Bertz CT molecular complexity index is 695. The summed E-state index contributed by atoms with van der Waals surface area (Å²) in [6, 6.07) is 14.4. The van der Waals surface area contributed by atoms with Crippen molar-refractivity contribution < 1.29 is 5.11 Å². The molecule has 1 aliphatic carbocycles. The number of nitrogens with zero attached hydrogens (tertiary/aromatic N) is 1. The van der Waals surface area contributed by atoms with Crippen LogP contribution in [0.3, 0.4) is 0 Å². The Morgan fingerprint density at radius 2 is 2.05 bits per heavy atom. The monoisotopic (exact) mass is 283 g/mol. The van der Waals surface area contributed by atoms with Gasteiger partial charge in [-0.15, -0.1) is 11.3 Å². The summed E-state index contributed by atoms with van der Waals surface area (Å²) in [7, 11) is 0. The van der Waals surface area contributed by atoms with Gasteiger partial charge in [0.1, 0.15) is 11.0 Å². The second-order valence-electron chi connectivity index (χ2n) is 5.66. The van der Waals surface area contributed by atoms with Crippen molar-refractivity contribution in [3.63, 3.8) is 0 Å². The van der Waals surface area contributed by atoms with E-state index in [0.717, 1.165) is 21.7 Å². The summed E-state index contributed by atoms with van der Waals surface area (Å²) in [5.41, 5.74) is 0.162. The fraction of sp³-hybridized carbons (Fsp3) is 0.353. The maximum absolute atomic E-state index is 11.2. The van der Waals surface area contributed by atoms with E-state index in [1.165, 1.54) is 5.56 Å². The Morgan fingerprint density at radius 3 is 2.70 bits per heavy atom. The van der Waals surface area contributed by atoms with Crippen LogP contribution >= 0.6 is 11.3 Å². The molecule has 0 saturated carbocycles. The van der Waals surface area contributed by atoms with Crippen LogP contribution in [0, 0.1) is 18.3 Å². The van der Waals surface area contributed by atoms with Crippen LogP contribution < -0.4 is 0 Å². The van der Waals surface area contributed by atoms with E-state index in [1.54, 1.807) is 18.3 Å². The van der Waals surface area contributed by atoms with E-state index in [-0.39, 0.29) is 0 Å². The second kappa shape index (κ2) is 4.44. The van der Waals surface area contributed by atoms with Crippen LogP contribution in [0.25, 0.3) is 0 Å². The second-order valence-corrected chi connectivity index (χ2v) is 6.94. The van der Waals surface area contributed by atoms with Gasteiger partial charge in [-0.2, -0.15) is 5.26 Å². The molecule has 2 nitrogen and oxygen atoms in total. The maximum atomic E-state index is 11.2. The van der Waals surface area contributed by atoms with Gasteiger partial charge in [-0.25, -0.2) is 0 Å². The van der Waals surface area contributed by atoms with Gasteiger partial charge in [0, 0.05) is 9.75 Å². The Kier molecular flexibility index (Phi) is 2.97. The molecule has 1 N–H and O–H groups in total. The third-order valence-corrected chi connectivity index (χ3v) is 5.70. The standard InChI is InChI=1S/C17H17NOS/c1-12-7-8-15(20-12)16(2,19)17(11-18)10-9-13-5-3-4-6-14(13)17/h3-8,19H,9-10H2,1-2H3. The molecule has 3 heteroatoms. The predicted molar refractivity (Wildman–Crippen MR) is 80.7 cm³/mol. The highest BCUT2D eigenvalue weighted by Crippen LogP contribution is 2.51. The van der Waals surface area contributed by atoms with Crippen LogP contribution in [-0.4, -0.2) is 5.11 Å². The zero-order chi connectivity index (χ0) is 14.4. The molecule has 0 radical (unpaired) electrons. The number of fused-ring (bicyclic) bond motifs is 1. The van der Waals surface area contributed by atoms with E-state index in [0.29, 0.717) is 6.42 Å². The molecule has 0 bridgehead atoms. The van der Waals surface area contributed by atoms with Crippen LogP contribution in [0.5, 0.6) is 0 Å². The van der Waals surface area contributed by atoms with Gasteiger partial charge in [-0.05, 0) is 49.9 Å². The smallest absolute Gasteiger partial charge is 0.119 e. The lowest BCUT2D eigenvalue weighted by molar-refractivity contribution is -0.000621. The zero-order valence-corrected chi connectivity index (χ0v) is 12.5. The molecule has 0 saturated heterocycles. The first-order valence-corrected chi connectivity index (χ1v) is 7.62. The van der Waals surface area contributed by atoms with Gasteiger partial charge in [-0.3, -0.25) is 0 Å². The summed E-state index contributed by atoms with van der Waals surface area (Å²) in [5, 5.41) is 21.0. The van der Waals surface area contributed by atoms with Gasteiger partial charge in [0.2, 0.25) is 0 Å². The first-order chi connectivity index (χ1) is 9.51. The summed E-state index contributed by atoms with van der Waals surface area (Å²) in [4.78, 5) is 2.02. The topological polar surface area (TPSA) is 44.0 Å². The van der Waals surface area contributed by atoms with E-state index in [4.69, 9.17) is 0 Å². The number of hydrogen-bond donors (Lipinski definition) is 1. The summed E-state index contributed by atoms with van der Waals surface area (Å²) in [6.07, 6.45) is 1.52. The van der Waals surface area contributed by atoms with Crippen LogP contribution in [0.15, 0.2) is 36.4 Å². The molecule has 0 aliphatic heterocycles. The Balaban J connectivity index is 2.18. The van der Waals surface area contributed by atoms with Crippen LogP contribution in [0.2, 0.25) is 0 Å². The van der Waals surface area contributed by atoms with E-state index < -0.39 is 11.0 Å². The minimum Gasteiger partial charge on any atom is -0.383 e. The number of benzene rings is 1. The van der Waals surface area contributed by atoms with Crippen molar-refractivity contribution >= 4 is 11.3 Å². The Morgan fingerprint density at radius 1 is 1.30 bits per heavy atom. The Labute approximate surface area is 123 Å². The number of aliphatic hydroxyl groups is 1. The van der Waals surface area contributed by atoms with Gasteiger partial charge in [-0.1, -0.05) is 24.3 Å². The first-order valence-electron chi connectivity index (χ1n) is 6.80. The van der Waals surface area contributed by atoms with Crippen LogP contribution in [0.1, 0.15) is 34.2 Å². The van der Waals surface area contributed by atoms with Gasteiger partial charge >= 0.3 is 0 Å². The Hall–Kier alpha value is -1.63. The third kappa shape index (κ3) is 1.65. The quantitative estimate of drug-likeness (QED) is 0.914. The largest absolute Gasteiger partial charge is 0.383 e. The molecule has 102 valence electrons. The average molecular weight is 283 g/mol. The predicted octanol–water partition coefficient (Wildman–Crippen LogP) is 3.67. The fourth-order valence-corrected chi connectivity index (χ4v) is 4.24. The van der Waals surface area contributed by atoms with Crippen molar-refractivity contribution in [2.45, 2.75) is 37.7 Å². The van der Waals surface area contributed by atoms with Gasteiger partial charge < -0.3 is 5.11 Å². The first kappa shape index (κ1) is 13.4. The molecule has 0 amide bonds. The number of nitriles is 1. The number of hydrogen-bond acceptors (Lipinski definition) is 3. The zero-order valence-electron chi connectivity index (χ0n) is 11.7. The lowest BCUT2D eigenvalue weighted by atomic mass is 9.69. The van der Waals surface area contributed by atoms with Gasteiger partial charge in [0.15, 0.2) is 0 Å². The highest BCUT2D eigenvalue weighted by atomic mass is 32.1. The highest BCUT2D eigenvalue weighted by Gasteiger charge is 2.54. The highest BCUT2D eigenvalue weighted by molar-refractivity contribution is 7.12. The molecule has 0 spiro atoms. The van der Waals surface area contributed by atoms with E-state index in [2.05, 4.69) is 12.1 Å². The lowest BCUT2D eigenvalue weighted by Crippen LogP contribution is -2.44. The molecule has 2 atom stereocenters. The molecule has 2 aromatic rings. The lowest BCUT2D eigenvalue weighted by Gasteiger charge is -2.37. The molecule has 1 heterocycles. The van der Waals surface area contributed by atoms with Crippen molar-refractivity contribution in [1.29, 1.82) is 5.26 Å². The molecule has 1 aromatic heterocycles. The molecule has 20 heavy (non-hydrogen) atoms. The summed E-state index contributed by atoms with van der Waals surface area (Å²) in [5.74, 6) is 0. The van der Waals surface area contributed by atoms with Crippen molar-refractivity contribution in [2.24, 2.45) is 0 Å². The fourth-order valence-electron chi connectivity index (χ4n) is 3.25. The number of thiophene rings is 1. The maximum Gasteiger partial charge on any atom is 0.119 e. The van der Waals surface area contributed by atoms with Crippen molar-refractivity contribution in [2.75, 3.05) is 0 Å². The normalized spacial score (nSPS) is 23.9. The molecule has 1 aliphatic rings. The average Bonchev–Trinajstić information content (AvgIpc) is 3.03. The van der Waals surface area contributed by atoms with E-state index >= 15 is 0 Å². The van der Waals surface area contributed by atoms with Crippen LogP contribution in [-0.2, 0) is 17.4 Å². The van der Waals surface area contributed by atoms with Gasteiger partial charge in [0.05, 0.1) is 6.07 Å². The molecular formula is C17H17NOS. The molecule has 2 unspecified atom stereocenters. The summed E-state index contributed by atoms with van der Waals surface area (Å²) >= 11 is 1.57. The minimum atomic E-state index is -1.16. The molecule has 3 rings (SSSR count). The van der Waals surface area contributed by atoms with E-state index in [1.807, 2.05) is 37.3 Å². The van der Waals surface area contributed by atoms with E-state index in [9.17, 15) is 10.4 Å². The minimum absolute atomic E-state index is 0.673. The third-order valence-electron chi connectivity index (χ3n) is 4.49. The number of rotatable bonds is 2. The van der Waals surface area contributed by atoms with Gasteiger partial charge in [0.25, 0.3) is 0 Å². The van der Waals surface area contributed by atoms with Crippen molar-refractivity contribution in [3.8, 4) is 6.07 Å². The SMILES string of the molecule is Cc1ccc(C(C)(O)C2(C#N)CCc3ccccc32)s1. The molecule has 1 aromatic carbocycles. The van der Waals surface area contributed by atoms with Crippen LogP contribution in [0.4, 0.5) is 0 Å². The molecule has 0 fully saturated rings. The van der Waals surface area contributed by atoms with Crippen molar-refractivity contribution in [3.05, 3.63) is 57.3 Å². The molecular weight excluding hydrogens is 266 g/mol. The summed E-state index contributed by atoms with van der Waals surface area (Å²) in [6.45, 7) is 3.80. The number of aryl methyl sites for hydroxylation is 2. The summed E-state index contributed by atoms with van der Waals surface area (Å²) < 4.78 is 0. The van der Waals surface area contributed by atoms with Crippen molar-refractivity contribution in [1.82, 2.24) is 0 Å².